The number of carbonyl (C=O) groups is 3. The Balaban J connectivity index is 1.49. The van der Waals surface area contributed by atoms with Crippen molar-refractivity contribution in [3.8, 4) is 10.4 Å². The predicted octanol–water partition coefficient (Wildman–Crippen LogP) is 3.86. The number of nitrogens with one attached hydrogen (secondary N) is 3. The quantitative estimate of drug-likeness (QED) is 0.278. The van der Waals surface area contributed by atoms with E-state index in [1.165, 1.54) is 11.3 Å². The van der Waals surface area contributed by atoms with Crippen LogP contribution in [0.4, 0.5) is 10.5 Å². The maximum atomic E-state index is 13.5. The Morgan fingerprint density at radius 2 is 1.98 bits per heavy atom. The second-order valence-corrected chi connectivity index (χ2v) is 13.2. The van der Waals surface area contributed by atoms with E-state index in [9.17, 15) is 22.8 Å². The molecule has 0 saturated carbocycles. The number of amides is 3. The molecular formula is C27H35N3O8S2. The van der Waals surface area contributed by atoms with Gasteiger partial charge < -0.3 is 20.1 Å². The fourth-order valence-electron chi connectivity index (χ4n) is 4.87. The standard InChI is InChI=1S/C27H35N3O8S2/c1-2-36-24(32)18-28-26(33)29-20-9-7-8-19(16-20)21-11-12-22(39-21)27(13-4-6-15-40(27,34)35)17-23(31)30-38-25-10-3-5-14-37-25/h7-9,11-12,16,25H,2-6,10,13-15,17-18H2,1H3,(H,30,31)(H2,28,29,33)/t25?,27-/m0/s1. The SMILES string of the molecule is CCOC(=O)CNC(=O)Nc1cccc(-c2ccc([C@@]3(CC(=O)NOC4CCCCO4)CCCCS3(=O)=O)s2)c1. The number of carbonyl (C=O) groups excluding carboxylic acids is 3. The summed E-state index contributed by atoms with van der Waals surface area (Å²) in [6.45, 7) is 2.22. The molecule has 2 aliphatic rings. The monoisotopic (exact) mass is 593 g/mol. The summed E-state index contributed by atoms with van der Waals surface area (Å²) in [6.07, 6.45) is 3.35. The number of ether oxygens (including phenoxy) is 2. The molecule has 11 nitrogen and oxygen atoms in total. The Hall–Kier alpha value is -3.00. The van der Waals surface area contributed by atoms with Gasteiger partial charge in [0.1, 0.15) is 11.3 Å². The highest BCUT2D eigenvalue weighted by atomic mass is 32.2. The number of urea groups is 1. The van der Waals surface area contributed by atoms with Crippen molar-refractivity contribution in [1.82, 2.24) is 10.8 Å². The highest BCUT2D eigenvalue weighted by Crippen LogP contribution is 2.47. The molecule has 2 atom stereocenters. The van der Waals surface area contributed by atoms with Crippen LogP contribution in [0, 0.1) is 0 Å². The van der Waals surface area contributed by atoms with Crippen LogP contribution < -0.4 is 16.1 Å². The summed E-state index contributed by atoms with van der Waals surface area (Å²) >= 11 is 1.31. The lowest BCUT2D eigenvalue weighted by atomic mass is 9.94. The topological polar surface area (TPSA) is 149 Å². The van der Waals surface area contributed by atoms with Gasteiger partial charge in [0.15, 0.2) is 16.1 Å². The number of hydrogen-bond donors (Lipinski definition) is 3. The summed E-state index contributed by atoms with van der Waals surface area (Å²) in [6, 6.07) is 10.1. The van der Waals surface area contributed by atoms with Crippen molar-refractivity contribution in [2.75, 3.05) is 30.8 Å². The van der Waals surface area contributed by atoms with Gasteiger partial charge in [0.25, 0.3) is 0 Å². The van der Waals surface area contributed by atoms with E-state index in [2.05, 4.69) is 16.1 Å². The van der Waals surface area contributed by atoms with E-state index in [0.29, 0.717) is 42.9 Å². The molecule has 1 aromatic heterocycles. The van der Waals surface area contributed by atoms with Crippen molar-refractivity contribution in [3.05, 3.63) is 41.3 Å². The van der Waals surface area contributed by atoms with Crippen molar-refractivity contribution in [2.45, 2.75) is 62.9 Å². The summed E-state index contributed by atoms with van der Waals surface area (Å²) < 4.78 is 35.9. The van der Waals surface area contributed by atoms with Crippen molar-refractivity contribution >= 4 is 44.8 Å². The number of rotatable bonds is 10. The molecule has 4 rings (SSSR count). The van der Waals surface area contributed by atoms with Crippen LogP contribution in [0.1, 0.15) is 56.7 Å². The highest BCUT2D eigenvalue weighted by Gasteiger charge is 2.49. The summed E-state index contributed by atoms with van der Waals surface area (Å²) in [7, 11) is -3.63. The van der Waals surface area contributed by atoms with Gasteiger partial charge in [-0.05, 0) is 62.4 Å². The molecule has 2 fully saturated rings. The van der Waals surface area contributed by atoms with E-state index in [1.54, 1.807) is 31.2 Å². The Morgan fingerprint density at radius 3 is 2.73 bits per heavy atom. The summed E-state index contributed by atoms with van der Waals surface area (Å²) in [5.74, 6) is -1.03. The molecule has 2 saturated heterocycles. The first-order valence-electron chi connectivity index (χ1n) is 13.4. The molecule has 2 aliphatic heterocycles. The van der Waals surface area contributed by atoms with E-state index < -0.39 is 38.8 Å². The second kappa shape index (κ2) is 13.6. The van der Waals surface area contributed by atoms with E-state index in [0.717, 1.165) is 23.3 Å². The van der Waals surface area contributed by atoms with Crippen LogP contribution in [-0.4, -0.2) is 58.1 Å². The molecule has 0 spiro atoms. The predicted molar refractivity (Wildman–Crippen MR) is 150 cm³/mol. The fraction of sp³-hybridized carbons (Fsp3) is 0.519. The Kier molecular flexibility index (Phi) is 10.2. The molecule has 2 aromatic rings. The number of sulfone groups is 1. The van der Waals surface area contributed by atoms with Crippen LogP contribution in [0.25, 0.3) is 10.4 Å². The van der Waals surface area contributed by atoms with Gasteiger partial charge in [0, 0.05) is 28.5 Å². The lowest BCUT2D eigenvalue weighted by Crippen LogP contribution is -2.45. The second-order valence-electron chi connectivity index (χ2n) is 9.74. The summed E-state index contributed by atoms with van der Waals surface area (Å²) in [5.41, 5.74) is 3.69. The molecule has 3 N–H and O–H groups in total. The Bertz CT molecular complexity index is 1310. The molecule has 0 aliphatic carbocycles. The number of anilines is 1. The molecule has 1 aromatic carbocycles. The van der Waals surface area contributed by atoms with Crippen LogP contribution in [0.3, 0.4) is 0 Å². The summed E-state index contributed by atoms with van der Waals surface area (Å²) in [4.78, 5) is 43.4. The van der Waals surface area contributed by atoms with Gasteiger partial charge in [0.2, 0.25) is 5.91 Å². The zero-order valence-corrected chi connectivity index (χ0v) is 24.0. The van der Waals surface area contributed by atoms with Crippen LogP contribution >= 0.6 is 11.3 Å². The summed E-state index contributed by atoms with van der Waals surface area (Å²) in [5, 5.41) is 5.12. The number of hydrogen-bond acceptors (Lipinski definition) is 9. The Labute approximate surface area is 237 Å². The van der Waals surface area contributed by atoms with Gasteiger partial charge in [-0.2, -0.15) is 0 Å². The first-order chi connectivity index (χ1) is 19.2. The van der Waals surface area contributed by atoms with E-state index in [-0.39, 0.29) is 25.3 Å². The van der Waals surface area contributed by atoms with Gasteiger partial charge in [-0.3, -0.25) is 9.59 Å². The van der Waals surface area contributed by atoms with Gasteiger partial charge in [-0.25, -0.2) is 23.5 Å². The van der Waals surface area contributed by atoms with Crippen molar-refractivity contribution in [1.29, 1.82) is 0 Å². The highest BCUT2D eigenvalue weighted by molar-refractivity contribution is 7.92. The third-order valence-corrected chi connectivity index (χ3v) is 10.9. The average Bonchev–Trinajstić information content (AvgIpc) is 3.44. The molecule has 218 valence electrons. The third-order valence-electron chi connectivity index (χ3n) is 6.89. The molecule has 3 heterocycles. The molecule has 0 radical (unpaired) electrons. The Morgan fingerprint density at radius 1 is 1.12 bits per heavy atom. The first kappa shape index (κ1) is 30.0. The minimum Gasteiger partial charge on any atom is -0.465 e. The van der Waals surface area contributed by atoms with Crippen LogP contribution in [-0.2, 0) is 38.5 Å². The smallest absolute Gasteiger partial charge is 0.325 e. The van der Waals surface area contributed by atoms with Gasteiger partial charge >= 0.3 is 12.0 Å². The average molecular weight is 594 g/mol. The number of thiophene rings is 1. The van der Waals surface area contributed by atoms with Gasteiger partial charge in [-0.15, -0.1) is 11.3 Å². The zero-order valence-electron chi connectivity index (χ0n) is 22.4. The van der Waals surface area contributed by atoms with Gasteiger partial charge in [-0.1, -0.05) is 18.6 Å². The number of esters is 1. The van der Waals surface area contributed by atoms with Gasteiger partial charge in [0.05, 0.1) is 18.8 Å². The van der Waals surface area contributed by atoms with E-state index in [1.807, 2.05) is 12.1 Å². The molecular weight excluding hydrogens is 558 g/mol. The number of benzene rings is 1. The van der Waals surface area contributed by atoms with Crippen molar-refractivity contribution < 1.29 is 37.1 Å². The van der Waals surface area contributed by atoms with Crippen LogP contribution in [0.5, 0.6) is 0 Å². The largest absolute Gasteiger partial charge is 0.465 e. The molecule has 0 bridgehead atoms. The lowest BCUT2D eigenvalue weighted by Gasteiger charge is -2.35. The van der Waals surface area contributed by atoms with E-state index in [4.69, 9.17) is 14.3 Å². The van der Waals surface area contributed by atoms with Crippen LogP contribution in [0.2, 0.25) is 0 Å². The minimum absolute atomic E-state index is 0.0143. The normalized spacial score (nSPS) is 22.2. The lowest BCUT2D eigenvalue weighted by molar-refractivity contribution is -0.200. The number of hydroxylamine groups is 1. The molecule has 40 heavy (non-hydrogen) atoms. The fourth-order valence-corrected chi connectivity index (χ4v) is 8.65. The molecule has 13 heteroatoms. The molecule has 1 unspecified atom stereocenters. The van der Waals surface area contributed by atoms with Crippen LogP contribution in [0.15, 0.2) is 36.4 Å². The first-order valence-corrected chi connectivity index (χ1v) is 15.9. The zero-order chi connectivity index (χ0) is 28.6. The van der Waals surface area contributed by atoms with Crippen molar-refractivity contribution in [3.63, 3.8) is 0 Å². The minimum atomic E-state index is -3.63. The molecule has 3 amide bonds. The third kappa shape index (κ3) is 7.39. The maximum absolute atomic E-state index is 13.5. The maximum Gasteiger partial charge on any atom is 0.325 e. The van der Waals surface area contributed by atoms with Crippen molar-refractivity contribution in [2.24, 2.45) is 0 Å². The van der Waals surface area contributed by atoms with E-state index >= 15 is 0 Å².